The van der Waals surface area contributed by atoms with Crippen LogP contribution in [0.5, 0.6) is 0 Å². The molecule has 5 rings (SSSR count). The summed E-state index contributed by atoms with van der Waals surface area (Å²) in [5, 5.41) is 15.5. The van der Waals surface area contributed by atoms with Crippen molar-refractivity contribution >= 4 is 17.3 Å². The van der Waals surface area contributed by atoms with Gasteiger partial charge in [-0.2, -0.15) is 27.5 Å². The number of alkyl halides is 3. The van der Waals surface area contributed by atoms with Crippen LogP contribution in [0.3, 0.4) is 0 Å². The number of hydrogen-bond donors (Lipinski definition) is 0. The second-order valence-corrected chi connectivity index (χ2v) is 7.80. The van der Waals surface area contributed by atoms with Gasteiger partial charge in [0.15, 0.2) is 0 Å². The topological polar surface area (TPSA) is 106 Å². The van der Waals surface area contributed by atoms with E-state index in [1.807, 2.05) is 9.80 Å². The van der Waals surface area contributed by atoms with Crippen molar-refractivity contribution in [3.8, 4) is 11.4 Å². The first-order valence-electron chi connectivity index (χ1n) is 10.4. The van der Waals surface area contributed by atoms with Gasteiger partial charge in [-0.25, -0.2) is 0 Å². The van der Waals surface area contributed by atoms with E-state index in [2.05, 4.69) is 15.1 Å². The molecule has 1 aliphatic rings. The number of benzene rings is 1. The number of halogens is 3. The molecule has 1 aromatic carbocycles. The van der Waals surface area contributed by atoms with Crippen molar-refractivity contribution in [3.05, 3.63) is 70.2 Å². The minimum absolute atomic E-state index is 0.0771. The van der Waals surface area contributed by atoms with Crippen molar-refractivity contribution in [2.75, 3.05) is 31.1 Å². The first kappa shape index (κ1) is 21.8. The number of imidazole rings is 1. The van der Waals surface area contributed by atoms with E-state index >= 15 is 0 Å². The SMILES string of the molecule is O=[N+]([O-])c1c(N2CCN(Cc3nc(-c4cccc(C(F)(F)F)c4)no3)CC2)nc2ccccn12. The fourth-order valence-electron chi connectivity index (χ4n) is 3.93. The van der Waals surface area contributed by atoms with E-state index in [1.165, 1.54) is 16.5 Å². The zero-order chi connectivity index (χ0) is 23.9. The number of pyridine rings is 1. The Hall–Kier alpha value is -4.00. The summed E-state index contributed by atoms with van der Waals surface area (Å²) in [5.74, 6) is 0.604. The molecule has 4 aromatic rings. The second-order valence-electron chi connectivity index (χ2n) is 7.80. The summed E-state index contributed by atoms with van der Waals surface area (Å²) in [6.07, 6.45) is -2.85. The van der Waals surface area contributed by atoms with Crippen LogP contribution in [-0.4, -0.2) is 55.5 Å². The number of piperazine rings is 1. The van der Waals surface area contributed by atoms with Crippen LogP contribution >= 0.6 is 0 Å². The summed E-state index contributed by atoms with van der Waals surface area (Å²) < 4.78 is 45.6. The van der Waals surface area contributed by atoms with Gasteiger partial charge in [-0.3, -0.25) is 4.90 Å². The average Bonchev–Trinajstić information content (AvgIpc) is 3.44. The van der Waals surface area contributed by atoms with Gasteiger partial charge < -0.3 is 19.5 Å². The van der Waals surface area contributed by atoms with Gasteiger partial charge in [0.2, 0.25) is 23.2 Å². The summed E-state index contributed by atoms with van der Waals surface area (Å²) in [5.41, 5.74) is -0.0677. The molecular weight excluding hydrogens is 455 g/mol. The van der Waals surface area contributed by atoms with Crippen LogP contribution in [0.15, 0.2) is 53.2 Å². The highest BCUT2D eigenvalue weighted by Crippen LogP contribution is 2.32. The van der Waals surface area contributed by atoms with Gasteiger partial charge in [0.25, 0.3) is 0 Å². The molecule has 0 atom stereocenters. The second kappa shape index (κ2) is 8.41. The Balaban J connectivity index is 1.26. The third-order valence-corrected chi connectivity index (χ3v) is 5.61. The fraction of sp³-hybridized carbons (Fsp3) is 0.286. The highest BCUT2D eigenvalue weighted by atomic mass is 19.4. The fourth-order valence-corrected chi connectivity index (χ4v) is 3.93. The zero-order valence-corrected chi connectivity index (χ0v) is 17.6. The van der Waals surface area contributed by atoms with Gasteiger partial charge in [0, 0.05) is 37.8 Å². The van der Waals surface area contributed by atoms with Crippen molar-refractivity contribution in [1.29, 1.82) is 0 Å². The van der Waals surface area contributed by atoms with Crippen molar-refractivity contribution < 1.29 is 22.6 Å². The maximum atomic E-state index is 13.0. The smallest absolute Gasteiger partial charge is 0.358 e. The Kier molecular flexibility index (Phi) is 5.40. The molecule has 4 heterocycles. The van der Waals surface area contributed by atoms with E-state index in [0.29, 0.717) is 44.2 Å². The predicted molar refractivity (Wildman–Crippen MR) is 114 cm³/mol. The zero-order valence-electron chi connectivity index (χ0n) is 17.6. The minimum Gasteiger partial charge on any atom is -0.358 e. The highest BCUT2D eigenvalue weighted by Gasteiger charge is 2.31. The predicted octanol–water partition coefficient (Wildman–Crippen LogP) is 3.63. The lowest BCUT2D eigenvalue weighted by Gasteiger charge is -2.33. The van der Waals surface area contributed by atoms with Crippen LogP contribution in [0.1, 0.15) is 11.5 Å². The molecule has 34 heavy (non-hydrogen) atoms. The first-order chi connectivity index (χ1) is 16.3. The average molecular weight is 473 g/mol. The highest BCUT2D eigenvalue weighted by molar-refractivity contribution is 5.63. The third kappa shape index (κ3) is 4.17. The van der Waals surface area contributed by atoms with E-state index in [4.69, 9.17) is 4.52 Å². The largest absolute Gasteiger partial charge is 0.416 e. The van der Waals surface area contributed by atoms with Crippen LogP contribution < -0.4 is 4.90 Å². The third-order valence-electron chi connectivity index (χ3n) is 5.61. The molecule has 0 amide bonds. The normalized spacial score (nSPS) is 15.2. The molecule has 1 aliphatic heterocycles. The number of hydrogen-bond acceptors (Lipinski definition) is 8. The molecule has 13 heteroatoms. The van der Waals surface area contributed by atoms with Crippen molar-refractivity contribution in [2.24, 2.45) is 0 Å². The van der Waals surface area contributed by atoms with Crippen molar-refractivity contribution in [3.63, 3.8) is 0 Å². The lowest BCUT2D eigenvalue weighted by molar-refractivity contribution is -0.389. The molecule has 0 aliphatic carbocycles. The molecule has 3 aromatic heterocycles. The number of rotatable bonds is 5. The van der Waals surface area contributed by atoms with Crippen LogP contribution in [0.25, 0.3) is 17.0 Å². The van der Waals surface area contributed by atoms with Crippen LogP contribution in [-0.2, 0) is 12.7 Å². The maximum Gasteiger partial charge on any atom is 0.416 e. The molecule has 0 N–H and O–H groups in total. The summed E-state index contributed by atoms with van der Waals surface area (Å²) in [6.45, 7) is 2.43. The summed E-state index contributed by atoms with van der Waals surface area (Å²) in [6, 6.07) is 9.94. The molecule has 0 bridgehead atoms. The lowest BCUT2D eigenvalue weighted by Crippen LogP contribution is -2.46. The van der Waals surface area contributed by atoms with Crippen LogP contribution in [0, 0.1) is 10.1 Å². The molecule has 0 radical (unpaired) electrons. The maximum absolute atomic E-state index is 13.0. The van der Waals surface area contributed by atoms with E-state index in [0.717, 1.165) is 12.1 Å². The van der Waals surface area contributed by atoms with Gasteiger partial charge in [-0.05, 0) is 23.1 Å². The van der Waals surface area contributed by atoms with E-state index < -0.39 is 16.7 Å². The van der Waals surface area contributed by atoms with Gasteiger partial charge in [0.1, 0.15) is 0 Å². The van der Waals surface area contributed by atoms with Crippen LogP contribution in [0.2, 0.25) is 0 Å². The number of nitro groups is 1. The van der Waals surface area contributed by atoms with Crippen LogP contribution in [0.4, 0.5) is 24.8 Å². The van der Waals surface area contributed by atoms with Gasteiger partial charge in [-0.1, -0.05) is 23.4 Å². The lowest BCUT2D eigenvalue weighted by atomic mass is 10.1. The van der Waals surface area contributed by atoms with Crippen molar-refractivity contribution in [1.82, 2.24) is 24.4 Å². The molecule has 0 saturated carbocycles. The number of fused-ring (bicyclic) bond motifs is 1. The Morgan fingerprint density at radius 2 is 1.85 bits per heavy atom. The quantitative estimate of drug-likeness (QED) is 0.320. The first-order valence-corrected chi connectivity index (χ1v) is 10.4. The standard InChI is InChI=1S/C21H18F3N7O3/c22-21(23,24)15-5-3-4-14(12-15)18-26-17(34-27-18)13-28-8-10-29(11-9-28)19-20(31(32)33)30-7-2-1-6-16(30)25-19/h1-7,12H,8-11,13H2. The molecule has 0 spiro atoms. The Bertz CT molecular complexity index is 1340. The number of anilines is 1. The summed E-state index contributed by atoms with van der Waals surface area (Å²) >= 11 is 0. The van der Waals surface area contributed by atoms with E-state index in [1.54, 1.807) is 24.4 Å². The van der Waals surface area contributed by atoms with Gasteiger partial charge >= 0.3 is 12.0 Å². The Morgan fingerprint density at radius 3 is 2.59 bits per heavy atom. The van der Waals surface area contributed by atoms with E-state index in [-0.39, 0.29) is 23.1 Å². The van der Waals surface area contributed by atoms with Gasteiger partial charge in [0.05, 0.1) is 18.3 Å². The van der Waals surface area contributed by atoms with E-state index in [9.17, 15) is 23.3 Å². The molecule has 176 valence electrons. The molecular formula is C21H18F3N7O3. The number of nitrogens with zero attached hydrogens (tertiary/aromatic N) is 7. The molecule has 10 nitrogen and oxygen atoms in total. The summed E-state index contributed by atoms with van der Waals surface area (Å²) in [7, 11) is 0. The van der Waals surface area contributed by atoms with Gasteiger partial charge in [-0.15, -0.1) is 0 Å². The molecule has 0 unspecified atom stereocenters. The monoisotopic (exact) mass is 473 g/mol. The number of aromatic nitrogens is 4. The molecule has 1 saturated heterocycles. The van der Waals surface area contributed by atoms with Crippen molar-refractivity contribution in [2.45, 2.75) is 12.7 Å². The minimum atomic E-state index is -4.46. The summed E-state index contributed by atoms with van der Waals surface area (Å²) in [4.78, 5) is 23.8. The Morgan fingerprint density at radius 1 is 1.06 bits per heavy atom. The molecule has 1 fully saturated rings. The Labute approximate surface area is 190 Å².